The van der Waals surface area contributed by atoms with Crippen LogP contribution in [0.15, 0.2) is 75.4 Å². The predicted molar refractivity (Wildman–Crippen MR) is 132 cm³/mol. The van der Waals surface area contributed by atoms with Gasteiger partial charge in [0.1, 0.15) is 0 Å². The maximum Gasteiger partial charge on any atom is 0.337 e. The fraction of sp³-hybridized carbons (Fsp3) is 0.174. The summed E-state index contributed by atoms with van der Waals surface area (Å²) in [6.45, 7) is 6.46. The number of esters is 1. The van der Waals surface area contributed by atoms with Gasteiger partial charge in [0.15, 0.2) is 11.0 Å². The third-order valence-corrected chi connectivity index (χ3v) is 5.81. The van der Waals surface area contributed by atoms with Crippen LogP contribution in [0.25, 0.3) is 11.4 Å². The van der Waals surface area contributed by atoms with Crippen molar-refractivity contribution in [2.45, 2.75) is 18.6 Å². The molecule has 0 aliphatic rings. The van der Waals surface area contributed by atoms with Gasteiger partial charge in [-0.1, -0.05) is 64.1 Å². The molecule has 3 rings (SSSR count). The Labute approximate surface area is 204 Å². The fourth-order valence-corrected chi connectivity index (χ4v) is 3.78. The van der Waals surface area contributed by atoms with E-state index in [2.05, 4.69) is 48.0 Å². The summed E-state index contributed by atoms with van der Waals surface area (Å²) in [5.41, 5.74) is 5.54. The zero-order valence-electron chi connectivity index (χ0n) is 18.1. The molecule has 0 aliphatic carbocycles. The molecule has 1 N–H and O–H groups in total. The number of hydrogen-bond donors (Lipinski definition) is 1. The number of ether oxygens (including phenoxy) is 1. The van der Waals surface area contributed by atoms with Crippen LogP contribution in [-0.4, -0.2) is 45.7 Å². The summed E-state index contributed by atoms with van der Waals surface area (Å²) in [6.07, 6.45) is 1.50. The van der Waals surface area contributed by atoms with Crippen molar-refractivity contribution in [3.05, 3.63) is 76.3 Å². The van der Waals surface area contributed by atoms with Crippen LogP contribution in [0.2, 0.25) is 0 Å². The first-order chi connectivity index (χ1) is 15.9. The molecule has 0 radical (unpaired) electrons. The number of aromatic nitrogens is 3. The van der Waals surface area contributed by atoms with Gasteiger partial charge in [0.05, 0.1) is 24.6 Å². The second-order valence-corrected chi connectivity index (χ2v) is 8.91. The molecule has 33 heavy (non-hydrogen) atoms. The summed E-state index contributed by atoms with van der Waals surface area (Å²) in [6, 6.07) is 14.5. The van der Waals surface area contributed by atoms with E-state index in [1.54, 1.807) is 24.3 Å². The molecule has 8 nitrogen and oxygen atoms in total. The van der Waals surface area contributed by atoms with E-state index in [0.29, 0.717) is 23.1 Å². The Balaban J connectivity index is 1.61. The quantitative estimate of drug-likeness (QED) is 0.146. The number of methoxy groups -OCH3 is 1. The van der Waals surface area contributed by atoms with Gasteiger partial charge in [-0.15, -0.1) is 10.2 Å². The van der Waals surface area contributed by atoms with Crippen LogP contribution in [0.1, 0.15) is 22.8 Å². The highest BCUT2D eigenvalue weighted by atomic mass is 79.9. The normalized spacial score (nSPS) is 10.9. The average Bonchev–Trinajstić information content (AvgIpc) is 3.19. The number of carbonyl (C=O) groups is 2. The molecule has 1 heterocycles. The molecule has 0 bridgehead atoms. The van der Waals surface area contributed by atoms with Gasteiger partial charge in [0.2, 0.25) is 0 Å². The number of hydrazone groups is 1. The Morgan fingerprint density at radius 3 is 2.52 bits per heavy atom. The summed E-state index contributed by atoms with van der Waals surface area (Å²) in [4.78, 5) is 23.7. The van der Waals surface area contributed by atoms with Gasteiger partial charge in [-0.3, -0.25) is 9.36 Å². The minimum absolute atomic E-state index is 0.118. The minimum atomic E-state index is -0.411. The molecule has 0 unspecified atom stereocenters. The molecule has 0 aliphatic heterocycles. The monoisotopic (exact) mass is 527 g/mol. The summed E-state index contributed by atoms with van der Waals surface area (Å²) < 4.78 is 7.58. The van der Waals surface area contributed by atoms with Crippen molar-refractivity contribution in [1.82, 2.24) is 20.2 Å². The summed E-state index contributed by atoms with van der Waals surface area (Å²) in [7, 11) is 1.33. The number of rotatable bonds is 9. The number of carbonyl (C=O) groups excluding carboxylic acids is 2. The van der Waals surface area contributed by atoms with Gasteiger partial charge in [0.25, 0.3) is 5.91 Å². The number of allylic oxidation sites excluding steroid dienone is 1. The fourth-order valence-electron chi connectivity index (χ4n) is 2.78. The first-order valence-corrected chi connectivity index (χ1v) is 11.6. The van der Waals surface area contributed by atoms with Gasteiger partial charge in [-0.2, -0.15) is 5.10 Å². The Hall–Kier alpha value is -3.24. The molecule has 2 aromatic carbocycles. The number of benzene rings is 2. The molecule has 0 atom stereocenters. The lowest BCUT2D eigenvalue weighted by Gasteiger charge is -2.10. The van der Waals surface area contributed by atoms with Crippen LogP contribution >= 0.6 is 27.7 Å². The third-order valence-electron chi connectivity index (χ3n) is 4.31. The van der Waals surface area contributed by atoms with Gasteiger partial charge in [-0.25, -0.2) is 10.2 Å². The van der Waals surface area contributed by atoms with E-state index in [-0.39, 0.29) is 11.7 Å². The predicted octanol–water partition coefficient (Wildman–Crippen LogP) is 4.31. The van der Waals surface area contributed by atoms with Crippen LogP contribution in [-0.2, 0) is 16.1 Å². The zero-order valence-corrected chi connectivity index (χ0v) is 20.5. The maximum atomic E-state index is 12.2. The second-order valence-electron chi connectivity index (χ2n) is 7.05. The molecule has 0 spiro atoms. The molecule has 1 aromatic heterocycles. The Bertz CT molecular complexity index is 1170. The van der Waals surface area contributed by atoms with Gasteiger partial charge >= 0.3 is 5.97 Å². The van der Waals surface area contributed by atoms with Crippen LogP contribution in [0, 0.1) is 0 Å². The Morgan fingerprint density at radius 1 is 1.18 bits per heavy atom. The molecule has 3 aromatic rings. The molecular weight excluding hydrogens is 506 g/mol. The summed E-state index contributed by atoms with van der Waals surface area (Å²) in [5, 5.41) is 13.2. The number of thioether (sulfide) groups is 1. The van der Waals surface area contributed by atoms with E-state index in [1.165, 1.54) is 25.1 Å². The van der Waals surface area contributed by atoms with Crippen LogP contribution < -0.4 is 5.43 Å². The highest BCUT2D eigenvalue weighted by molar-refractivity contribution is 9.10. The summed E-state index contributed by atoms with van der Waals surface area (Å²) in [5.74, 6) is 0.138. The van der Waals surface area contributed by atoms with Crippen molar-refractivity contribution in [3.63, 3.8) is 0 Å². The van der Waals surface area contributed by atoms with E-state index in [1.807, 2.05) is 35.8 Å². The van der Waals surface area contributed by atoms with Crippen LogP contribution in [0.5, 0.6) is 0 Å². The van der Waals surface area contributed by atoms with E-state index < -0.39 is 5.97 Å². The van der Waals surface area contributed by atoms with Crippen LogP contribution in [0.4, 0.5) is 0 Å². The summed E-state index contributed by atoms with van der Waals surface area (Å²) >= 11 is 4.71. The molecule has 0 saturated carbocycles. The SMILES string of the molecule is C=C(C)Cn1c(SCC(=O)NN=Cc2ccc(C(=O)OC)cc2)nnc1-c1ccc(Br)cc1. The van der Waals surface area contributed by atoms with Crippen molar-refractivity contribution in [2.75, 3.05) is 12.9 Å². The molecule has 10 heteroatoms. The van der Waals surface area contributed by atoms with E-state index in [0.717, 1.165) is 21.2 Å². The topological polar surface area (TPSA) is 98.5 Å². The third kappa shape index (κ3) is 6.87. The zero-order chi connectivity index (χ0) is 23.8. The average molecular weight is 528 g/mol. The molecule has 0 fully saturated rings. The first kappa shape index (κ1) is 24.4. The van der Waals surface area contributed by atoms with Crippen LogP contribution in [0.3, 0.4) is 0 Å². The number of nitrogens with zero attached hydrogens (tertiary/aromatic N) is 4. The number of nitrogens with one attached hydrogen (secondary N) is 1. The molecule has 0 saturated heterocycles. The Kier molecular flexibility index (Phi) is 8.56. The first-order valence-electron chi connectivity index (χ1n) is 9.84. The standard InChI is InChI=1S/C23H22BrN5O3S/c1-15(2)13-29-21(17-8-10-19(24)11-9-17)27-28-23(29)33-14-20(30)26-25-12-16-4-6-18(7-5-16)22(31)32-3/h4-12H,1,13-14H2,2-3H3,(H,26,30). The second kappa shape index (κ2) is 11.6. The largest absolute Gasteiger partial charge is 0.465 e. The number of halogens is 1. The van der Waals surface area contributed by atoms with Crippen molar-refractivity contribution in [3.8, 4) is 11.4 Å². The van der Waals surface area contributed by atoms with Crippen molar-refractivity contribution >= 4 is 45.8 Å². The minimum Gasteiger partial charge on any atom is -0.465 e. The number of amides is 1. The lowest BCUT2D eigenvalue weighted by molar-refractivity contribution is -0.118. The van der Waals surface area contributed by atoms with Crippen molar-refractivity contribution in [2.24, 2.45) is 5.10 Å². The van der Waals surface area contributed by atoms with E-state index >= 15 is 0 Å². The van der Waals surface area contributed by atoms with Gasteiger partial charge < -0.3 is 4.74 Å². The lowest BCUT2D eigenvalue weighted by atomic mass is 10.1. The van der Waals surface area contributed by atoms with Gasteiger partial charge in [0, 0.05) is 16.6 Å². The van der Waals surface area contributed by atoms with Crippen molar-refractivity contribution < 1.29 is 14.3 Å². The highest BCUT2D eigenvalue weighted by Gasteiger charge is 2.16. The highest BCUT2D eigenvalue weighted by Crippen LogP contribution is 2.26. The lowest BCUT2D eigenvalue weighted by Crippen LogP contribution is -2.20. The van der Waals surface area contributed by atoms with E-state index in [4.69, 9.17) is 0 Å². The van der Waals surface area contributed by atoms with Crippen molar-refractivity contribution in [1.29, 1.82) is 0 Å². The Morgan fingerprint density at radius 2 is 1.88 bits per heavy atom. The molecule has 170 valence electrons. The maximum absolute atomic E-state index is 12.2. The number of hydrogen-bond acceptors (Lipinski definition) is 7. The smallest absolute Gasteiger partial charge is 0.337 e. The molecule has 1 amide bonds. The van der Waals surface area contributed by atoms with E-state index in [9.17, 15) is 9.59 Å². The van der Waals surface area contributed by atoms with Gasteiger partial charge in [-0.05, 0) is 36.8 Å². The molecular formula is C23H22BrN5O3S.